The molecule has 0 bridgehead atoms. The predicted molar refractivity (Wildman–Crippen MR) is 68.3 cm³/mol. The molecule has 0 aliphatic carbocycles. The Morgan fingerprint density at radius 1 is 1.47 bits per heavy atom. The molecule has 0 unspecified atom stereocenters. The lowest BCUT2D eigenvalue weighted by molar-refractivity contribution is 0.126. The molecule has 0 aliphatic heterocycles. The molecular formula is C10H20N4O2S. The second-order valence-electron chi connectivity index (χ2n) is 3.57. The summed E-state index contributed by atoms with van der Waals surface area (Å²) in [4.78, 5) is 2.10. The first-order valence-electron chi connectivity index (χ1n) is 5.69. The van der Waals surface area contributed by atoms with Gasteiger partial charge in [-0.15, -0.1) is 5.10 Å². The SMILES string of the molecule is CCNc1snnc1CN(CCO)CCOC. The van der Waals surface area contributed by atoms with Gasteiger partial charge in [0.05, 0.1) is 13.2 Å². The molecule has 0 amide bonds. The van der Waals surface area contributed by atoms with E-state index >= 15 is 0 Å². The van der Waals surface area contributed by atoms with Gasteiger partial charge in [-0.25, -0.2) is 0 Å². The van der Waals surface area contributed by atoms with Crippen LogP contribution in [0, 0.1) is 0 Å². The van der Waals surface area contributed by atoms with E-state index in [0.29, 0.717) is 19.7 Å². The maximum atomic E-state index is 9.01. The molecule has 6 nitrogen and oxygen atoms in total. The molecule has 0 fully saturated rings. The van der Waals surface area contributed by atoms with Crippen LogP contribution in [0.5, 0.6) is 0 Å². The minimum atomic E-state index is 0.137. The molecule has 1 aromatic rings. The molecule has 1 heterocycles. The summed E-state index contributed by atoms with van der Waals surface area (Å²) in [5.41, 5.74) is 0.932. The number of aromatic nitrogens is 2. The fourth-order valence-corrected chi connectivity index (χ4v) is 2.09. The van der Waals surface area contributed by atoms with Crippen molar-refractivity contribution in [2.75, 3.05) is 45.3 Å². The zero-order valence-electron chi connectivity index (χ0n) is 10.3. The van der Waals surface area contributed by atoms with Crippen molar-refractivity contribution in [1.82, 2.24) is 14.5 Å². The first-order chi connectivity index (χ1) is 8.31. The maximum absolute atomic E-state index is 9.01. The normalized spacial score (nSPS) is 11.1. The highest BCUT2D eigenvalue weighted by molar-refractivity contribution is 7.10. The first kappa shape index (κ1) is 14.3. The van der Waals surface area contributed by atoms with Gasteiger partial charge in [-0.3, -0.25) is 4.90 Å². The molecule has 17 heavy (non-hydrogen) atoms. The third kappa shape index (κ3) is 4.95. The van der Waals surface area contributed by atoms with Crippen molar-refractivity contribution >= 4 is 16.5 Å². The van der Waals surface area contributed by atoms with Crippen LogP contribution in [0.15, 0.2) is 0 Å². The summed E-state index contributed by atoms with van der Waals surface area (Å²) < 4.78 is 8.99. The molecule has 0 aliphatic rings. The summed E-state index contributed by atoms with van der Waals surface area (Å²) in [7, 11) is 1.67. The number of ether oxygens (including phenoxy) is 1. The number of methoxy groups -OCH3 is 1. The molecule has 0 atom stereocenters. The van der Waals surface area contributed by atoms with Gasteiger partial charge >= 0.3 is 0 Å². The van der Waals surface area contributed by atoms with Crippen LogP contribution in [-0.4, -0.2) is 59.6 Å². The van der Waals surface area contributed by atoms with Crippen molar-refractivity contribution in [3.8, 4) is 0 Å². The summed E-state index contributed by atoms with van der Waals surface area (Å²) in [6.45, 7) is 5.76. The second kappa shape index (κ2) is 8.35. The van der Waals surface area contributed by atoms with Crippen LogP contribution in [-0.2, 0) is 11.3 Å². The topological polar surface area (TPSA) is 70.5 Å². The molecule has 0 aromatic carbocycles. The zero-order valence-corrected chi connectivity index (χ0v) is 11.2. The monoisotopic (exact) mass is 260 g/mol. The van der Waals surface area contributed by atoms with E-state index in [1.807, 2.05) is 6.92 Å². The summed E-state index contributed by atoms with van der Waals surface area (Å²) in [6, 6.07) is 0. The van der Waals surface area contributed by atoms with E-state index in [2.05, 4.69) is 19.8 Å². The molecule has 1 rings (SSSR count). The summed E-state index contributed by atoms with van der Waals surface area (Å²) in [5, 5.41) is 17.4. The number of anilines is 1. The van der Waals surface area contributed by atoms with Gasteiger partial charge in [0.1, 0.15) is 10.7 Å². The minimum absolute atomic E-state index is 0.137. The van der Waals surface area contributed by atoms with Crippen LogP contribution < -0.4 is 5.32 Å². The molecule has 7 heteroatoms. The fraction of sp³-hybridized carbons (Fsp3) is 0.800. The minimum Gasteiger partial charge on any atom is -0.395 e. The van der Waals surface area contributed by atoms with Crippen molar-refractivity contribution in [3.63, 3.8) is 0 Å². The second-order valence-corrected chi connectivity index (χ2v) is 4.33. The number of nitrogens with zero attached hydrogens (tertiary/aromatic N) is 3. The average molecular weight is 260 g/mol. The molecule has 2 N–H and O–H groups in total. The lowest BCUT2D eigenvalue weighted by Gasteiger charge is -2.19. The highest BCUT2D eigenvalue weighted by Gasteiger charge is 2.12. The Balaban J connectivity index is 2.54. The van der Waals surface area contributed by atoms with Crippen LogP contribution in [0.1, 0.15) is 12.6 Å². The maximum Gasteiger partial charge on any atom is 0.134 e. The lowest BCUT2D eigenvalue weighted by atomic mass is 10.3. The first-order valence-corrected chi connectivity index (χ1v) is 6.46. The van der Waals surface area contributed by atoms with Gasteiger partial charge in [-0.05, 0) is 6.92 Å². The summed E-state index contributed by atoms with van der Waals surface area (Å²) in [6.07, 6.45) is 0. The van der Waals surface area contributed by atoms with Crippen molar-refractivity contribution in [3.05, 3.63) is 5.69 Å². The lowest BCUT2D eigenvalue weighted by Crippen LogP contribution is -2.30. The van der Waals surface area contributed by atoms with Crippen molar-refractivity contribution in [2.24, 2.45) is 0 Å². The van der Waals surface area contributed by atoms with E-state index in [-0.39, 0.29) is 6.61 Å². The number of aliphatic hydroxyl groups excluding tert-OH is 1. The smallest absolute Gasteiger partial charge is 0.134 e. The van der Waals surface area contributed by atoms with Crippen LogP contribution >= 0.6 is 11.5 Å². The molecule has 0 saturated carbocycles. The largest absolute Gasteiger partial charge is 0.395 e. The Morgan fingerprint density at radius 3 is 2.94 bits per heavy atom. The Labute approximate surface area is 106 Å². The summed E-state index contributed by atoms with van der Waals surface area (Å²) >= 11 is 1.37. The van der Waals surface area contributed by atoms with Crippen LogP contribution in [0.3, 0.4) is 0 Å². The van der Waals surface area contributed by atoms with Gasteiger partial charge in [0, 0.05) is 44.8 Å². The van der Waals surface area contributed by atoms with Crippen LogP contribution in [0.2, 0.25) is 0 Å². The van der Waals surface area contributed by atoms with Gasteiger partial charge in [-0.1, -0.05) is 4.49 Å². The third-order valence-electron chi connectivity index (χ3n) is 2.29. The Bertz CT molecular complexity index is 308. The Kier molecular flexibility index (Phi) is 7.02. The van der Waals surface area contributed by atoms with Gasteiger partial charge in [-0.2, -0.15) is 0 Å². The third-order valence-corrected chi connectivity index (χ3v) is 3.02. The number of hydrogen-bond acceptors (Lipinski definition) is 7. The number of aliphatic hydroxyl groups is 1. The fourth-order valence-electron chi connectivity index (χ4n) is 1.45. The average Bonchev–Trinajstić information content (AvgIpc) is 2.74. The van der Waals surface area contributed by atoms with Gasteiger partial charge in [0.15, 0.2) is 0 Å². The van der Waals surface area contributed by atoms with E-state index in [4.69, 9.17) is 9.84 Å². The van der Waals surface area contributed by atoms with E-state index in [1.165, 1.54) is 11.5 Å². The number of rotatable bonds is 9. The van der Waals surface area contributed by atoms with E-state index in [1.54, 1.807) is 7.11 Å². The standard InChI is InChI=1S/C10H20N4O2S/c1-3-11-10-9(12-13-17-10)8-14(4-6-15)5-7-16-2/h11,15H,3-8H2,1-2H3. The molecule has 0 spiro atoms. The molecule has 98 valence electrons. The number of hydrogen-bond donors (Lipinski definition) is 2. The highest BCUT2D eigenvalue weighted by Crippen LogP contribution is 2.18. The molecule has 0 saturated heterocycles. The number of nitrogens with one attached hydrogen (secondary N) is 1. The van der Waals surface area contributed by atoms with Gasteiger partial charge < -0.3 is 15.2 Å². The van der Waals surface area contributed by atoms with Crippen molar-refractivity contribution in [2.45, 2.75) is 13.5 Å². The van der Waals surface area contributed by atoms with E-state index in [0.717, 1.165) is 23.8 Å². The molecular weight excluding hydrogens is 240 g/mol. The van der Waals surface area contributed by atoms with Gasteiger partial charge in [0.25, 0.3) is 0 Å². The van der Waals surface area contributed by atoms with E-state index < -0.39 is 0 Å². The quantitative estimate of drug-likeness (QED) is 0.670. The van der Waals surface area contributed by atoms with E-state index in [9.17, 15) is 0 Å². The summed E-state index contributed by atoms with van der Waals surface area (Å²) in [5.74, 6) is 0. The predicted octanol–water partition coefficient (Wildman–Crippen LogP) is 0.411. The Morgan fingerprint density at radius 2 is 2.29 bits per heavy atom. The van der Waals surface area contributed by atoms with Crippen molar-refractivity contribution in [1.29, 1.82) is 0 Å². The van der Waals surface area contributed by atoms with Crippen molar-refractivity contribution < 1.29 is 9.84 Å². The van der Waals surface area contributed by atoms with Gasteiger partial charge in [0.2, 0.25) is 0 Å². The molecule has 0 radical (unpaired) electrons. The zero-order chi connectivity index (χ0) is 12.5. The van der Waals surface area contributed by atoms with Crippen LogP contribution in [0.4, 0.5) is 5.00 Å². The van der Waals surface area contributed by atoms with Crippen LogP contribution in [0.25, 0.3) is 0 Å². The Hall–Kier alpha value is -0.760. The molecule has 1 aromatic heterocycles. The highest BCUT2D eigenvalue weighted by atomic mass is 32.1.